The number of fused-ring (bicyclic) bond motifs is 1. The molecule has 0 aliphatic carbocycles. The fourth-order valence-electron chi connectivity index (χ4n) is 2.69. The molecule has 1 saturated heterocycles. The van der Waals surface area contributed by atoms with Gasteiger partial charge in [-0.3, -0.25) is 5.11 Å². The third-order valence-corrected chi connectivity index (χ3v) is 3.66. The zero-order valence-corrected chi connectivity index (χ0v) is 9.78. The van der Waals surface area contributed by atoms with Crippen molar-refractivity contribution < 1.29 is 5.11 Å². The van der Waals surface area contributed by atoms with E-state index in [0.717, 1.165) is 36.9 Å². The molecule has 2 aromatic rings. The predicted molar refractivity (Wildman–Crippen MR) is 68.9 cm³/mol. The second kappa shape index (κ2) is 4.38. The standard InChI is InChI=1S/C15H16NO/c17-15-10-13-4-2-1-3-12(13)9-14(15)11-5-7-16-8-6-11/h1-4,9-11,16H,5-8H2. The van der Waals surface area contributed by atoms with Crippen molar-refractivity contribution in [1.82, 2.24) is 5.32 Å². The fraction of sp³-hybridized carbons (Fsp3) is 0.333. The Kier molecular flexibility index (Phi) is 2.73. The largest absolute Gasteiger partial charge is 0.317 e. The predicted octanol–water partition coefficient (Wildman–Crippen LogP) is 3.45. The molecule has 1 aliphatic rings. The van der Waals surface area contributed by atoms with Crippen LogP contribution in [0, 0.1) is 0 Å². The number of nitrogens with one attached hydrogen (secondary N) is 1. The lowest BCUT2D eigenvalue weighted by Crippen LogP contribution is -2.26. The summed E-state index contributed by atoms with van der Waals surface area (Å²) in [6.07, 6.45) is 2.15. The highest BCUT2D eigenvalue weighted by Crippen LogP contribution is 2.35. The van der Waals surface area contributed by atoms with Crippen LogP contribution < -0.4 is 5.32 Å². The SMILES string of the molecule is [O]c1cc2ccccc2cc1C1CCNCC1. The van der Waals surface area contributed by atoms with Crippen molar-refractivity contribution in [3.63, 3.8) is 0 Å². The van der Waals surface area contributed by atoms with E-state index in [1.54, 1.807) is 6.07 Å². The highest BCUT2D eigenvalue weighted by Gasteiger charge is 2.19. The number of hydrogen-bond acceptors (Lipinski definition) is 1. The zero-order valence-electron chi connectivity index (χ0n) is 9.78. The smallest absolute Gasteiger partial charge is 0.182 e. The minimum Gasteiger partial charge on any atom is -0.317 e. The second-order valence-corrected chi connectivity index (χ2v) is 4.76. The topological polar surface area (TPSA) is 31.9 Å². The van der Waals surface area contributed by atoms with Gasteiger partial charge in [-0.2, -0.15) is 0 Å². The third-order valence-electron chi connectivity index (χ3n) is 3.66. The Morgan fingerprint density at radius 2 is 1.65 bits per heavy atom. The van der Waals surface area contributed by atoms with Gasteiger partial charge in [0.1, 0.15) is 0 Å². The minimum absolute atomic E-state index is 0.204. The average Bonchev–Trinajstić information content (AvgIpc) is 2.39. The van der Waals surface area contributed by atoms with Crippen LogP contribution in [0.25, 0.3) is 10.8 Å². The lowest BCUT2D eigenvalue weighted by Gasteiger charge is -2.23. The molecule has 2 heteroatoms. The Balaban J connectivity index is 2.06. The molecule has 1 heterocycles. The summed E-state index contributed by atoms with van der Waals surface area (Å²) in [6.45, 7) is 2.05. The quantitative estimate of drug-likeness (QED) is 0.793. The molecule has 0 spiro atoms. The molecule has 0 amide bonds. The van der Waals surface area contributed by atoms with E-state index in [9.17, 15) is 5.11 Å². The Labute approximate surface area is 101 Å². The van der Waals surface area contributed by atoms with Gasteiger partial charge in [-0.05, 0) is 54.8 Å². The molecule has 0 aromatic heterocycles. The molecule has 0 unspecified atom stereocenters. The molecular weight excluding hydrogens is 210 g/mol. The first-order valence-corrected chi connectivity index (χ1v) is 6.25. The van der Waals surface area contributed by atoms with Gasteiger partial charge in [-0.15, -0.1) is 0 Å². The lowest BCUT2D eigenvalue weighted by molar-refractivity contribution is 0.340. The molecular formula is C15H16NO. The molecule has 1 N–H and O–H groups in total. The van der Waals surface area contributed by atoms with Gasteiger partial charge in [0, 0.05) is 5.56 Å². The van der Waals surface area contributed by atoms with Gasteiger partial charge in [0.25, 0.3) is 0 Å². The summed E-state index contributed by atoms with van der Waals surface area (Å²) >= 11 is 0. The van der Waals surface area contributed by atoms with Gasteiger partial charge < -0.3 is 5.32 Å². The normalized spacial score (nSPS) is 17.4. The van der Waals surface area contributed by atoms with Crippen LogP contribution >= 0.6 is 0 Å². The van der Waals surface area contributed by atoms with Crippen LogP contribution in [-0.4, -0.2) is 13.1 Å². The van der Waals surface area contributed by atoms with Crippen LogP contribution in [0.2, 0.25) is 0 Å². The Morgan fingerprint density at radius 3 is 2.35 bits per heavy atom. The first kappa shape index (κ1) is 10.6. The maximum Gasteiger partial charge on any atom is 0.182 e. The number of hydrogen-bond donors (Lipinski definition) is 1. The summed E-state index contributed by atoms with van der Waals surface area (Å²) in [5.74, 6) is 0.643. The first-order valence-electron chi connectivity index (χ1n) is 6.25. The van der Waals surface area contributed by atoms with Crippen molar-refractivity contribution in [2.75, 3.05) is 13.1 Å². The van der Waals surface area contributed by atoms with E-state index in [4.69, 9.17) is 0 Å². The van der Waals surface area contributed by atoms with Gasteiger partial charge in [-0.25, -0.2) is 0 Å². The van der Waals surface area contributed by atoms with Crippen LogP contribution in [-0.2, 0) is 5.11 Å². The van der Waals surface area contributed by atoms with Crippen LogP contribution in [0.15, 0.2) is 36.4 Å². The summed E-state index contributed by atoms with van der Waals surface area (Å²) in [5.41, 5.74) is 1.00. The Bertz CT molecular complexity index is 529. The molecule has 1 fully saturated rings. The zero-order chi connectivity index (χ0) is 11.7. The average molecular weight is 226 g/mol. The minimum atomic E-state index is 0.204. The van der Waals surface area contributed by atoms with E-state index in [2.05, 4.69) is 17.4 Å². The molecule has 2 nitrogen and oxygen atoms in total. The summed E-state index contributed by atoms with van der Waals surface area (Å²) < 4.78 is 0. The van der Waals surface area contributed by atoms with Gasteiger partial charge in [-0.1, -0.05) is 24.3 Å². The number of benzene rings is 2. The molecule has 3 rings (SSSR count). The highest BCUT2D eigenvalue weighted by atomic mass is 16.3. The van der Waals surface area contributed by atoms with Gasteiger partial charge in [0.05, 0.1) is 0 Å². The van der Waals surface area contributed by atoms with Crippen molar-refractivity contribution in [1.29, 1.82) is 0 Å². The van der Waals surface area contributed by atoms with Gasteiger partial charge >= 0.3 is 0 Å². The summed E-state index contributed by atoms with van der Waals surface area (Å²) in [4.78, 5) is 0. The summed E-state index contributed by atoms with van der Waals surface area (Å²) in [7, 11) is 0. The van der Waals surface area contributed by atoms with E-state index >= 15 is 0 Å². The lowest BCUT2D eigenvalue weighted by atomic mass is 9.88. The Morgan fingerprint density at radius 1 is 1.00 bits per heavy atom. The first-order chi connectivity index (χ1) is 8.34. The Hall–Kier alpha value is -1.54. The van der Waals surface area contributed by atoms with Crippen molar-refractivity contribution in [2.45, 2.75) is 18.8 Å². The van der Waals surface area contributed by atoms with E-state index in [1.807, 2.05) is 18.2 Å². The molecule has 2 aromatic carbocycles. The highest BCUT2D eigenvalue weighted by molar-refractivity contribution is 5.85. The molecule has 87 valence electrons. The monoisotopic (exact) mass is 226 g/mol. The van der Waals surface area contributed by atoms with E-state index in [-0.39, 0.29) is 5.75 Å². The van der Waals surface area contributed by atoms with Crippen LogP contribution in [0.1, 0.15) is 24.3 Å². The number of piperidine rings is 1. The van der Waals surface area contributed by atoms with Crippen molar-refractivity contribution in [3.8, 4) is 5.75 Å². The molecule has 1 aliphatic heterocycles. The van der Waals surface area contributed by atoms with Crippen molar-refractivity contribution in [3.05, 3.63) is 42.0 Å². The summed E-state index contributed by atoms with van der Waals surface area (Å²) in [5, 5.41) is 17.7. The third kappa shape index (κ3) is 2.01. The van der Waals surface area contributed by atoms with Crippen LogP contribution in [0.5, 0.6) is 5.75 Å². The van der Waals surface area contributed by atoms with E-state index in [1.165, 1.54) is 5.39 Å². The second-order valence-electron chi connectivity index (χ2n) is 4.76. The van der Waals surface area contributed by atoms with Crippen molar-refractivity contribution in [2.24, 2.45) is 0 Å². The van der Waals surface area contributed by atoms with Gasteiger partial charge in [0.2, 0.25) is 0 Å². The maximum atomic E-state index is 12.1. The van der Waals surface area contributed by atoms with Crippen molar-refractivity contribution >= 4 is 10.8 Å². The summed E-state index contributed by atoms with van der Waals surface area (Å²) in [6, 6.07) is 12.0. The van der Waals surface area contributed by atoms with Crippen LogP contribution in [0.3, 0.4) is 0 Å². The molecule has 0 bridgehead atoms. The van der Waals surface area contributed by atoms with E-state index in [0.29, 0.717) is 5.92 Å². The van der Waals surface area contributed by atoms with E-state index < -0.39 is 0 Å². The molecule has 0 atom stereocenters. The maximum absolute atomic E-state index is 12.1. The van der Waals surface area contributed by atoms with Crippen LogP contribution in [0.4, 0.5) is 0 Å². The van der Waals surface area contributed by atoms with Gasteiger partial charge in [0.15, 0.2) is 5.75 Å². The number of rotatable bonds is 1. The molecule has 0 saturated carbocycles. The molecule has 1 radical (unpaired) electrons. The molecule has 17 heavy (non-hydrogen) atoms. The fourth-order valence-corrected chi connectivity index (χ4v) is 2.69.